The van der Waals surface area contributed by atoms with E-state index in [0.29, 0.717) is 6.07 Å². The van der Waals surface area contributed by atoms with Crippen LogP contribution >= 0.6 is 0 Å². The van der Waals surface area contributed by atoms with Crippen LogP contribution in [0.15, 0.2) is 12.1 Å². The number of anilines is 2. The van der Waals surface area contributed by atoms with Crippen LogP contribution < -0.4 is 11.1 Å². The lowest BCUT2D eigenvalue weighted by molar-refractivity contribution is -0.118. The quantitative estimate of drug-likeness (QED) is 0.809. The van der Waals surface area contributed by atoms with Gasteiger partial charge >= 0.3 is 0 Å². The number of nitrogen functional groups attached to an aromatic ring is 1. The van der Waals surface area contributed by atoms with Gasteiger partial charge in [-0.25, -0.2) is 8.78 Å². The Kier molecular flexibility index (Phi) is 2.84. The van der Waals surface area contributed by atoms with Crippen molar-refractivity contribution >= 4 is 17.3 Å². The van der Waals surface area contributed by atoms with Gasteiger partial charge in [-0.2, -0.15) is 0 Å². The van der Waals surface area contributed by atoms with Crippen LogP contribution in [-0.4, -0.2) is 5.91 Å². The molecule has 19 heavy (non-hydrogen) atoms. The highest BCUT2D eigenvalue weighted by molar-refractivity contribution is 5.96. The van der Waals surface area contributed by atoms with Crippen LogP contribution in [0, 0.1) is 28.4 Å². The summed E-state index contributed by atoms with van der Waals surface area (Å²) < 4.78 is 26.6. The Labute approximate surface area is 111 Å². The molecule has 1 aromatic carbocycles. The van der Waals surface area contributed by atoms with Crippen LogP contribution in [0.1, 0.15) is 27.7 Å². The number of halogens is 2. The average Bonchev–Trinajstić information content (AvgIpc) is 2.66. The number of hydrogen-bond acceptors (Lipinski definition) is 2. The van der Waals surface area contributed by atoms with E-state index in [9.17, 15) is 13.6 Å². The minimum atomic E-state index is -0.831. The summed E-state index contributed by atoms with van der Waals surface area (Å²) in [6, 6.07) is 1.78. The number of amides is 1. The molecule has 0 atom stereocenters. The maximum Gasteiger partial charge on any atom is 0.228 e. The number of nitrogens with two attached hydrogens (primary N) is 1. The lowest BCUT2D eigenvalue weighted by atomic mass is 10.0. The van der Waals surface area contributed by atoms with E-state index in [4.69, 9.17) is 5.73 Å². The van der Waals surface area contributed by atoms with Crippen LogP contribution in [0.3, 0.4) is 0 Å². The van der Waals surface area contributed by atoms with E-state index < -0.39 is 11.6 Å². The third kappa shape index (κ3) is 1.97. The second-order valence-electron chi connectivity index (χ2n) is 6.22. The smallest absolute Gasteiger partial charge is 0.228 e. The molecule has 0 aromatic heterocycles. The van der Waals surface area contributed by atoms with Crippen molar-refractivity contribution in [3.05, 3.63) is 23.8 Å². The first kappa shape index (κ1) is 13.8. The predicted molar refractivity (Wildman–Crippen MR) is 70.5 cm³/mol. The highest BCUT2D eigenvalue weighted by Crippen LogP contribution is 2.68. The van der Waals surface area contributed by atoms with Gasteiger partial charge in [0.05, 0.1) is 11.4 Å². The zero-order valence-corrected chi connectivity index (χ0v) is 11.5. The minimum absolute atomic E-state index is 0.0811. The van der Waals surface area contributed by atoms with Crippen LogP contribution in [0.25, 0.3) is 0 Å². The van der Waals surface area contributed by atoms with Crippen LogP contribution in [0.2, 0.25) is 0 Å². The van der Waals surface area contributed by atoms with E-state index in [2.05, 4.69) is 5.32 Å². The first-order valence-corrected chi connectivity index (χ1v) is 6.14. The number of nitrogens with one attached hydrogen (secondary N) is 1. The molecule has 1 amide bonds. The van der Waals surface area contributed by atoms with Crippen molar-refractivity contribution in [3.8, 4) is 0 Å². The second kappa shape index (κ2) is 3.92. The summed E-state index contributed by atoms with van der Waals surface area (Å²) >= 11 is 0. The molecule has 5 heteroatoms. The van der Waals surface area contributed by atoms with Gasteiger partial charge in [0.15, 0.2) is 0 Å². The van der Waals surface area contributed by atoms with E-state index in [-0.39, 0.29) is 34.0 Å². The predicted octanol–water partition coefficient (Wildman–Crippen LogP) is 3.17. The van der Waals surface area contributed by atoms with Crippen LogP contribution in [0.5, 0.6) is 0 Å². The highest BCUT2D eigenvalue weighted by atomic mass is 19.1. The number of carbonyl (C=O) groups is 1. The molecular formula is C14H18F2N2O. The number of carbonyl (C=O) groups excluding carboxylic acids is 1. The maximum atomic E-state index is 13.5. The summed E-state index contributed by atoms with van der Waals surface area (Å²) in [5.41, 5.74) is 4.82. The molecule has 0 bridgehead atoms. The van der Waals surface area contributed by atoms with E-state index >= 15 is 0 Å². The first-order chi connectivity index (χ1) is 8.59. The third-order valence-electron chi connectivity index (χ3n) is 4.63. The van der Waals surface area contributed by atoms with Gasteiger partial charge in [0.1, 0.15) is 11.6 Å². The summed E-state index contributed by atoms with van der Waals surface area (Å²) in [4.78, 5) is 12.1. The zero-order chi connectivity index (χ0) is 14.6. The summed E-state index contributed by atoms with van der Waals surface area (Å²) in [6.07, 6.45) is 0. The van der Waals surface area contributed by atoms with Crippen molar-refractivity contribution in [1.29, 1.82) is 0 Å². The van der Waals surface area contributed by atoms with Gasteiger partial charge in [-0.15, -0.1) is 0 Å². The molecule has 3 N–H and O–H groups in total. The molecule has 3 nitrogen and oxygen atoms in total. The van der Waals surface area contributed by atoms with E-state index in [0.717, 1.165) is 6.07 Å². The van der Waals surface area contributed by atoms with Gasteiger partial charge in [-0.1, -0.05) is 27.7 Å². The van der Waals surface area contributed by atoms with Gasteiger partial charge < -0.3 is 11.1 Å². The molecule has 1 aromatic rings. The summed E-state index contributed by atoms with van der Waals surface area (Å²) in [5.74, 6) is -2.12. The van der Waals surface area contributed by atoms with Gasteiger partial charge in [-0.05, 0) is 16.9 Å². The molecule has 0 heterocycles. The fourth-order valence-electron chi connectivity index (χ4n) is 2.72. The molecular weight excluding hydrogens is 250 g/mol. The fourth-order valence-corrected chi connectivity index (χ4v) is 2.72. The fraction of sp³-hybridized carbons (Fsp3) is 0.500. The monoisotopic (exact) mass is 268 g/mol. The molecule has 104 valence electrons. The molecule has 0 radical (unpaired) electrons. The maximum absolute atomic E-state index is 13.5. The standard InChI is InChI=1S/C14H18F2N2O/c1-13(2)11(14(13,3)4)12(19)18-10-6-9(17)7(15)5-8(10)16/h5-6,11H,17H2,1-4H3,(H,18,19). The van der Waals surface area contributed by atoms with Crippen molar-refractivity contribution in [2.75, 3.05) is 11.1 Å². The molecule has 0 saturated heterocycles. The third-order valence-corrected chi connectivity index (χ3v) is 4.63. The molecule has 0 spiro atoms. The molecule has 0 unspecified atom stereocenters. The Balaban J connectivity index is 2.20. The van der Waals surface area contributed by atoms with E-state index in [1.54, 1.807) is 0 Å². The van der Waals surface area contributed by atoms with Crippen LogP contribution in [0.4, 0.5) is 20.2 Å². The number of rotatable bonds is 2. The Morgan fingerprint density at radius 2 is 1.68 bits per heavy atom. The Morgan fingerprint density at radius 1 is 1.16 bits per heavy atom. The van der Waals surface area contributed by atoms with Crippen molar-refractivity contribution in [3.63, 3.8) is 0 Å². The Bertz CT molecular complexity index is 539. The van der Waals surface area contributed by atoms with Crippen molar-refractivity contribution in [2.45, 2.75) is 27.7 Å². The molecule has 1 fully saturated rings. The minimum Gasteiger partial charge on any atom is -0.396 e. The number of hydrogen-bond donors (Lipinski definition) is 2. The van der Waals surface area contributed by atoms with E-state index in [1.165, 1.54) is 0 Å². The van der Waals surface area contributed by atoms with Crippen molar-refractivity contribution in [2.24, 2.45) is 16.7 Å². The van der Waals surface area contributed by atoms with Gasteiger partial charge in [0.25, 0.3) is 0 Å². The van der Waals surface area contributed by atoms with Gasteiger partial charge in [0.2, 0.25) is 5.91 Å². The largest absolute Gasteiger partial charge is 0.396 e. The van der Waals surface area contributed by atoms with Crippen molar-refractivity contribution < 1.29 is 13.6 Å². The van der Waals surface area contributed by atoms with Gasteiger partial charge in [-0.3, -0.25) is 4.79 Å². The van der Waals surface area contributed by atoms with E-state index in [1.807, 2.05) is 27.7 Å². The second-order valence-corrected chi connectivity index (χ2v) is 6.22. The summed E-state index contributed by atoms with van der Waals surface area (Å²) in [5, 5.41) is 2.49. The SMILES string of the molecule is CC1(C)C(C(=O)Nc2cc(N)c(F)cc2F)C1(C)C. The van der Waals surface area contributed by atoms with Crippen LogP contribution in [-0.2, 0) is 4.79 Å². The molecule has 1 saturated carbocycles. The lowest BCUT2D eigenvalue weighted by Crippen LogP contribution is -2.18. The summed E-state index contributed by atoms with van der Waals surface area (Å²) in [7, 11) is 0. The molecule has 0 aliphatic heterocycles. The summed E-state index contributed by atoms with van der Waals surface area (Å²) in [6.45, 7) is 7.97. The Hall–Kier alpha value is -1.65. The lowest BCUT2D eigenvalue weighted by Gasteiger charge is -2.09. The molecule has 2 rings (SSSR count). The topological polar surface area (TPSA) is 55.1 Å². The Morgan fingerprint density at radius 3 is 2.16 bits per heavy atom. The molecule has 1 aliphatic carbocycles. The van der Waals surface area contributed by atoms with Gasteiger partial charge in [0, 0.05) is 12.0 Å². The van der Waals surface area contributed by atoms with Crippen molar-refractivity contribution in [1.82, 2.24) is 0 Å². The highest BCUT2D eigenvalue weighted by Gasteiger charge is 2.68. The zero-order valence-electron chi connectivity index (χ0n) is 11.5. The normalized spacial score (nSPS) is 20.1. The first-order valence-electron chi connectivity index (χ1n) is 6.14. The molecule has 1 aliphatic rings. The number of benzene rings is 1. The average molecular weight is 268 g/mol.